The number of rotatable bonds is 3. The lowest BCUT2D eigenvalue weighted by atomic mass is 10.2. The number of aliphatic hydroxyl groups excluding tert-OH is 2. The maximum atomic E-state index is 12.4. The van der Waals surface area contributed by atoms with Crippen LogP contribution in [0.5, 0.6) is 0 Å². The summed E-state index contributed by atoms with van der Waals surface area (Å²) in [5.74, 6) is 0.00386. The number of anilines is 1. The number of aromatic nitrogens is 5. The number of hydrogen-bond donors (Lipinski definition) is 5. The third-order valence-corrected chi connectivity index (χ3v) is 5.24. The Morgan fingerprint density at radius 1 is 1.29 bits per heavy atom. The van der Waals surface area contributed by atoms with Gasteiger partial charge in [0.15, 0.2) is 11.2 Å². The number of imidazole rings is 1. The zero-order valence-corrected chi connectivity index (χ0v) is 16.1. The molecule has 3 atom stereocenters. The third-order valence-electron chi connectivity index (χ3n) is 5.24. The number of nitrogens with two attached hydrogens (primary N) is 1. The lowest BCUT2D eigenvalue weighted by molar-refractivity contribution is -0.0426. The van der Waals surface area contributed by atoms with E-state index in [0.29, 0.717) is 16.3 Å². The fraction of sp³-hybridized carbons (Fsp3) is 0.263. The van der Waals surface area contributed by atoms with Crippen LogP contribution in [-0.4, -0.2) is 58.5 Å². The molecule has 0 radical (unpaired) electrons. The molecular formula is C19H19N7O5. The molecule has 160 valence electrons. The third kappa shape index (κ3) is 3.13. The number of fused-ring (bicyclic) bond motifs is 2. The summed E-state index contributed by atoms with van der Waals surface area (Å²) in [6.45, 7) is -0.368. The molecule has 3 aromatic heterocycles. The fourth-order valence-electron chi connectivity index (χ4n) is 3.78. The Balaban J connectivity index is 1.79. The minimum Gasteiger partial charge on any atom is -0.428 e. The summed E-state index contributed by atoms with van der Waals surface area (Å²) in [4.78, 5) is 28.0. The zero-order chi connectivity index (χ0) is 21.7. The Morgan fingerprint density at radius 2 is 2.10 bits per heavy atom. The molecule has 12 heteroatoms. The molecule has 1 saturated heterocycles. The minimum atomic E-state index is -0.912. The molecule has 31 heavy (non-hydrogen) atoms. The Kier molecular flexibility index (Phi) is 4.46. The summed E-state index contributed by atoms with van der Waals surface area (Å²) in [6.07, 6.45) is -0.900. The van der Waals surface area contributed by atoms with E-state index in [1.54, 1.807) is 30.3 Å². The molecule has 0 unspecified atom stereocenters. The number of nitrogens with one attached hydrogen (secondary N) is 1. The lowest BCUT2D eigenvalue weighted by Crippen LogP contribution is -2.24. The van der Waals surface area contributed by atoms with Crippen LogP contribution in [0.25, 0.3) is 22.1 Å². The number of H-pyrrole nitrogens is 1. The number of hydrogen-bond acceptors (Lipinski definition) is 9. The van der Waals surface area contributed by atoms with E-state index in [9.17, 15) is 20.2 Å². The first kappa shape index (κ1) is 19.2. The van der Waals surface area contributed by atoms with Crippen molar-refractivity contribution < 1.29 is 20.2 Å². The fourth-order valence-corrected chi connectivity index (χ4v) is 3.78. The molecule has 0 amide bonds. The van der Waals surface area contributed by atoms with Crippen LogP contribution in [0.2, 0.25) is 0 Å². The van der Waals surface area contributed by atoms with E-state index in [2.05, 4.69) is 19.9 Å². The summed E-state index contributed by atoms with van der Waals surface area (Å²) in [7, 11) is 0. The first-order valence-electron chi connectivity index (χ1n) is 9.52. The SMILES string of the molecule is Nc1nc2c(nc(/N=c3/ccn(O)c4ccccc34)n2[C@H]2C[C@H](O)[C@@H](CO)O2)c(=O)[nH]1. The van der Waals surface area contributed by atoms with Crippen LogP contribution in [0.4, 0.5) is 11.9 Å². The van der Waals surface area contributed by atoms with Crippen LogP contribution in [0, 0.1) is 0 Å². The number of aliphatic hydroxyl groups is 2. The normalized spacial score (nSPS) is 22.0. The largest absolute Gasteiger partial charge is 0.428 e. The second-order valence-corrected chi connectivity index (χ2v) is 7.19. The zero-order valence-electron chi connectivity index (χ0n) is 16.1. The Hall–Kier alpha value is -3.74. The second-order valence-electron chi connectivity index (χ2n) is 7.19. The van der Waals surface area contributed by atoms with E-state index >= 15 is 0 Å². The van der Waals surface area contributed by atoms with Crippen LogP contribution in [0.1, 0.15) is 12.6 Å². The molecule has 0 spiro atoms. The molecular weight excluding hydrogens is 406 g/mol. The van der Waals surface area contributed by atoms with Crippen molar-refractivity contribution in [1.29, 1.82) is 0 Å². The van der Waals surface area contributed by atoms with Crippen molar-refractivity contribution in [3.63, 3.8) is 0 Å². The molecule has 4 aromatic rings. The summed E-state index contributed by atoms with van der Waals surface area (Å²) in [6, 6.07) is 8.70. The molecule has 1 fully saturated rings. The molecule has 1 aliphatic heterocycles. The first-order chi connectivity index (χ1) is 15.0. The minimum absolute atomic E-state index is 0.0101. The molecule has 5 rings (SSSR count). The molecule has 0 bridgehead atoms. The number of nitrogen functional groups attached to an aromatic ring is 1. The van der Waals surface area contributed by atoms with E-state index in [0.717, 1.165) is 4.73 Å². The van der Waals surface area contributed by atoms with Gasteiger partial charge in [-0.25, -0.2) is 9.98 Å². The van der Waals surface area contributed by atoms with Gasteiger partial charge in [0.05, 0.1) is 23.6 Å². The van der Waals surface area contributed by atoms with E-state index in [-0.39, 0.29) is 36.1 Å². The van der Waals surface area contributed by atoms with Crippen molar-refractivity contribution in [2.45, 2.75) is 24.9 Å². The van der Waals surface area contributed by atoms with Gasteiger partial charge in [0, 0.05) is 18.0 Å². The molecule has 12 nitrogen and oxygen atoms in total. The number of pyridine rings is 1. The highest BCUT2D eigenvalue weighted by atomic mass is 16.5. The number of ether oxygens (including phenoxy) is 1. The van der Waals surface area contributed by atoms with Gasteiger partial charge in [-0.15, -0.1) is 0 Å². The van der Waals surface area contributed by atoms with Crippen LogP contribution in [0.15, 0.2) is 46.3 Å². The highest BCUT2D eigenvalue weighted by Gasteiger charge is 2.37. The predicted octanol–water partition coefficient (Wildman–Crippen LogP) is -0.233. The molecule has 0 saturated carbocycles. The van der Waals surface area contributed by atoms with Gasteiger partial charge in [-0.2, -0.15) is 9.71 Å². The number of aromatic amines is 1. The van der Waals surface area contributed by atoms with Crippen LogP contribution in [0.3, 0.4) is 0 Å². The van der Waals surface area contributed by atoms with Crippen molar-refractivity contribution in [3.8, 4) is 0 Å². The average molecular weight is 425 g/mol. The summed E-state index contributed by atoms with van der Waals surface area (Å²) in [5.41, 5.74) is 5.87. The predicted molar refractivity (Wildman–Crippen MR) is 109 cm³/mol. The number of benzene rings is 1. The highest BCUT2D eigenvalue weighted by molar-refractivity contribution is 5.78. The smallest absolute Gasteiger partial charge is 0.280 e. The quantitative estimate of drug-likeness (QED) is 0.279. The highest BCUT2D eigenvalue weighted by Crippen LogP contribution is 2.34. The van der Waals surface area contributed by atoms with Crippen molar-refractivity contribution >= 4 is 34.0 Å². The van der Waals surface area contributed by atoms with Gasteiger partial charge in [0.1, 0.15) is 12.3 Å². The summed E-state index contributed by atoms with van der Waals surface area (Å²) in [5, 5.41) is 30.9. The maximum absolute atomic E-state index is 12.4. The molecule has 1 aliphatic rings. The lowest BCUT2D eigenvalue weighted by Gasteiger charge is -2.15. The Labute approximate surface area is 173 Å². The van der Waals surface area contributed by atoms with E-state index < -0.39 is 24.0 Å². The van der Waals surface area contributed by atoms with Gasteiger partial charge in [0.2, 0.25) is 11.9 Å². The van der Waals surface area contributed by atoms with Crippen molar-refractivity contribution in [2.75, 3.05) is 12.3 Å². The van der Waals surface area contributed by atoms with Crippen molar-refractivity contribution in [3.05, 3.63) is 52.2 Å². The van der Waals surface area contributed by atoms with Crippen LogP contribution >= 0.6 is 0 Å². The van der Waals surface area contributed by atoms with Crippen molar-refractivity contribution in [2.24, 2.45) is 4.99 Å². The van der Waals surface area contributed by atoms with Crippen LogP contribution in [-0.2, 0) is 4.74 Å². The van der Waals surface area contributed by atoms with Gasteiger partial charge in [0.25, 0.3) is 5.56 Å². The van der Waals surface area contributed by atoms with Crippen molar-refractivity contribution in [1.82, 2.24) is 24.2 Å². The van der Waals surface area contributed by atoms with Gasteiger partial charge < -0.3 is 25.9 Å². The number of para-hydroxylation sites is 1. The standard InChI is InChI=1S/C19H19N7O5/c20-18-23-16-15(17(29)24-18)22-19(26(16)14-7-12(28)13(8-27)31-14)21-10-5-6-25(30)11-4-2-1-3-9(10)11/h1-6,12-14,27-28,30H,7-8H2,(H3,20,23,24,29)/b21-10-/t12-,13+,14+/m0/s1. The molecule has 0 aliphatic carbocycles. The number of nitrogens with zero attached hydrogens (tertiary/aromatic N) is 5. The molecule has 1 aromatic carbocycles. The Morgan fingerprint density at radius 3 is 2.87 bits per heavy atom. The van der Waals surface area contributed by atoms with Gasteiger partial charge >= 0.3 is 0 Å². The molecule has 6 N–H and O–H groups in total. The average Bonchev–Trinajstić information content (AvgIpc) is 3.30. The van der Waals surface area contributed by atoms with E-state index in [1.165, 1.54) is 10.8 Å². The molecule has 4 heterocycles. The van der Waals surface area contributed by atoms with Crippen LogP contribution < -0.4 is 16.7 Å². The topological polar surface area (TPSA) is 177 Å². The summed E-state index contributed by atoms with van der Waals surface area (Å²) >= 11 is 0. The van der Waals surface area contributed by atoms with Gasteiger partial charge in [-0.05, 0) is 12.1 Å². The van der Waals surface area contributed by atoms with Gasteiger partial charge in [-0.1, -0.05) is 18.2 Å². The summed E-state index contributed by atoms with van der Waals surface area (Å²) < 4.78 is 8.23. The van der Waals surface area contributed by atoms with Gasteiger partial charge in [-0.3, -0.25) is 14.3 Å². The first-order valence-corrected chi connectivity index (χ1v) is 9.52. The Bertz CT molecular complexity index is 1420. The second kappa shape index (κ2) is 7.19. The van der Waals surface area contributed by atoms with E-state index in [4.69, 9.17) is 10.5 Å². The van der Waals surface area contributed by atoms with E-state index in [1.807, 2.05) is 0 Å². The monoisotopic (exact) mass is 425 g/mol. The maximum Gasteiger partial charge on any atom is 0.280 e.